The van der Waals surface area contributed by atoms with Crippen LogP contribution in [-0.4, -0.2) is 45.6 Å². The normalized spacial score (nSPS) is 18.0. The van der Waals surface area contributed by atoms with Gasteiger partial charge in [-0.05, 0) is 44.0 Å². The Balaban J connectivity index is 1.70. The predicted molar refractivity (Wildman–Crippen MR) is 93.0 cm³/mol. The van der Waals surface area contributed by atoms with E-state index in [0.29, 0.717) is 23.6 Å². The van der Waals surface area contributed by atoms with E-state index in [1.54, 1.807) is 22.7 Å². The molecule has 7 heteroatoms. The van der Waals surface area contributed by atoms with Gasteiger partial charge in [0, 0.05) is 19.7 Å². The monoisotopic (exact) mass is 341 g/mol. The number of hydrogen-bond donors (Lipinski definition) is 0. The highest BCUT2D eigenvalue weighted by Gasteiger charge is 2.22. The standard InChI is InChI=1S/C18H20FN5O/c1-2-25-13-6-5-11-23(12-13)17-10-9-16-20-21-18(24(16)22-17)14-7-3-4-8-15(14)19/h3-4,7-10,13H,2,5-6,11-12H2,1H3/t13-/m1/s1. The Kier molecular flexibility index (Phi) is 4.31. The number of rotatable bonds is 4. The summed E-state index contributed by atoms with van der Waals surface area (Å²) in [5.74, 6) is 0.904. The molecule has 0 radical (unpaired) electrons. The van der Waals surface area contributed by atoms with E-state index in [9.17, 15) is 4.39 Å². The summed E-state index contributed by atoms with van der Waals surface area (Å²) in [6, 6.07) is 10.3. The average molecular weight is 341 g/mol. The van der Waals surface area contributed by atoms with Crippen LogP contribution in [0.5, 0.6) is 0 Å². The van der Waals surface area contributed by atoms with Gasteiger partial charge in [0.15, 0.2) is 11.5 Å². The van der Waals surface area contributed by atoms with E-state index in [2.05, 4.69) is 20.2 Å². The smallest absolute Gasteiger partial charge is 0.188 e. The Morgan fingerprint density at radius 3 is 2.92 bits per heavy atom. The fraction of sp³-hybridized carbons (Fsp3) is 0.389. The van der Waals surface area contributed by atoms with Crippen molar-refractivity contribution in [2.45, 2.75) is 25.9 Å². The van der Waals surface area contributed by atoms with Crippen LogP contribution < -0.4 is 4.90 Å². The molecule has 1 aromatic carbocycles. The topological polar surface area (TPSA) is 55.5 Å². The molecule has 130 valence electrons. The number of aromatic nitrogens is 4. The second kappa shape index (κ2) is 6.76. The molecule has 1 aliphatic heterocycles. The Bertz CT molecular complexity index is 879. The second-order valence-corrected chi connectivity index (χ2v) is 6.13. The molecule has 1 fully saturated rings. The summed E-state index contributed by atoms with van der Waals surface area (Å²) in [6.07, 6.45) is 2.36. The van der Waals surface area contributed by atoms with Crippen LogP contribution in [0.3, 0.4) is 0 Å². The van der Waals surface area contributed by atoms with E-state index < -0.39 is 0 Å². The molecule has 0 N–H and O–H groups in total. The molecule has 1 atom stereocenters. The van der Waals surface area contributed by atoms with E-state index in [1.807, 2.05) is 19.1 Å². The number of ether oxygens (including phenoxy) is 1. The molecule has 6 nitrogen and oxygen atoms in total. The maximum Gasteiger partial charge on any atom is 0.188 e. The van der Waals surface area contributed by atoms with E-state index in [-0.39, 0.29) is 11.9 Å². The largest absolute Gasteiger partial charge is 0.377 e. The van der Waals surface area contributed by atoms with Crippen LogP contribution in [0.1, 0.15) is 19.8 Å². The van der Waals surface area contributed by atoms with Crippen LogP contribution in [0.2, 0.25) is 0 Å². The van der Waals surface area contributed by atoms with Gasteiger partial charge < -0.3 is 9.64 Å². The second-order valence-electron chi connectivity index (χ2n) is 6.13. The molecule has 3 heterocycles. The summed E-state index contributed by atoms with van der Waals surface area (Å²) >= 11 is 0. The molecule has 0 spiro atoms. The van der Waals surface area contributed by atoms with Crippen molar-refractivity contribution >= 4 is 11.5 Å². The molecule has 0 saturated carbocycles. The molecule has 1 aliphatic rings. The number of fused-ring (bicyclic) bond motifs is 1. The Hall–Kier alpha value is -2.54. The van der Waals surface area contributed by atoms with Crippen molar-refractivity contribution < 1.29 is 9.13 Å². The first-order chi connectivity index (χ1) is 12.3. The Labute approximate surface area is 145 Å². The zero-order valence-electron chi connectivity index (χ0n) is 14.1. The summed E-state index contributed by atoms with van der Waals surface area (Å²) in [5.41, 5.74) is 0.992. The van der Waals surface area contributed by atoms with Crippen LogP contribution in [0.25, 0.3) is 17.0 Å². The van der Waals surface area contributed by atoms with Gasteiger partial charge in [-0.15, -0.1) is 15.3 Å². The summed E-state index contributed by atoms with van der Waals surface area (Å²) in [6.45, 7) is 4.47. The number of piperidine rings is 1. The molecule has 25 heavy (non-hydrogen) atoms. The minimum Gasteiger partial charge on any atom is -0.377 e. The van der Waals surface area contributed by atoms with Crippen molar-refractivity contribution in [1.82, 2.24) is 19.8 Å². The van der Waals surface area contributed by atoms with Crippen LogP contribution in [-0.2, 0) is 4.74 Å². The SMILES string of the molecule is CCO[C@@H]1CCCN(c2ccc3nnc(-c4ccccc4F)n3n2)C1. The Morgan fingerprint density at radius 1 is 1.20 bits per heavy atom. The molecule has 1 saturated heterocycles. The molecule has 0 unspecified atom stereocenters. The van der Waals surface area contributed by atoms with Gasteiger partial charge in [0.1, 0.15) is 11.6 Å². The first-order valence-corrected chi connectivity index (χ1v) is 8.60. The van der Waals surface area contributed by atoms with Crippen molar-refractivity contribution in [3.05, 3.63) is 42.2 Å². The quantitative estimate of drug-likeness (QED) is 0.730. The van der Waals surface area contributed by atoms with Crippen molar-refractivity contribution in [3.8, 4) is 11.4 Å². The highest BCUT2D eigenvalue weighted by molar-refractivity contribution is 5.60. The summed E-state index contributed by atoms with van der Waals surface area (Å²) in [4.78, 5) is 2.20. The lowest BCUT2D eigenvalue weighted by atomic mass is 10.1. The van der Waals surface area contributed by atoms with Gasteiger partial charge in [-0.3, -0.25) is 0 Å². The molecule has 0 bridgehead atoms. The van der Waals surface area contributed by atoms with Crippen molar-refractivity contribution in [2.24, 2.45) is 0 Å². The zero-order chi connectivity index (χ0) is 17.2. The summed E-state index contributed by atoms with van der Waals surface area (Å²) in [7, 11) is 0. The number of nitrogens with zero attached hydrogens (tertiary/aromatic N) is 5. The van der Waals surface area contributed by atoms with Gasteiger partial charge in [0.25, 0.3) is 0 Å². The van der Waals surface area contributed by atoms with Crippen molar-refractivity contribution in [1.29, 1.82) is 0 Å². The lowest BCUT2D eigenvalue weighted by molar-refractivity contribution is 0.0525. The lowest BCUT2D eigenvalue weighted by Crippen LogP contribution is -2.40. The zero-order valence-corrected chi connectivity index (χ0v) is 14.1. The van der Waals surface area contributed by atoms with Crippen molar-refractivity contribution in [2.75, 3.05) is 24.6 Å². The Morgan fingerprint density at radius 2 is 2.08 bits per heavy atom. The third-order valence-electron chi connectivity index (χ3n) is 4.47. The number of halogens is 1. The fourth-order valence-corrected chi connectivity index (χ4v) is 3.28. The first kappa shape index (κ1) is 16.0. The minimum absolute atomic E-state index is 0.225. The van der Waals surface area contributed by atoms with Gasteiger partial charge in [0.2, 0.25) is 0 Å². The van der Waals surface area contributed by atoms with E-state index in [4.69, 9.17) is 4.74 Å². The van der Waals surface area contributed by atoms with Gasteiger partial charge in [0.05, 0.1) is 11.7 Å². The molecular weight excluding hydrogens is 321 g/mol. The highest BCUT2D eigenvalue weighted by Crippen LogP contribution is 2.24. The van der Waals surface area contributed by atoms with Gasteiger partial charge in [-0.2, -0.15) is 4.52 Å². The molecule has 0 aliphatic carbocycles. The van der Waals surface area contributed by atoms with Crippen LogP contribution in [0, 0.1) is 5.82 Å². The predicted octanol–water partition coefficient (Wildman–Crippen LogP) is 2.94. The molecule has 3 aromatic rings. The molecular formula is C18H20FN5O. The number of benzene rings is 1. The van der Waals surface area contributed by atoms with Crippen LogP contribution in [0.4, 0.5) is 10.2 Å². The molecule has 4 rings (SSSR count). The van der Waals surface area contributed by atoms with E-state index in [1.165, 1.54) is 6.07 Å². The third-order valence-corrected chi connectivity index (χ3v) is 4.47. The molecule has 2 aromatic heterocycles. The average Bonchev–Trinajstić information content (AvgIpc) is 3.06. The maximum absolute atomic E-state index is 14.1. The van der Waals surface area contributed by atoms with E-state index >= 15 is 0 Å². The fourth-order valence-electron chi connectivity index (χ4n) is 3.28. The van der Waals surface area contributed by atoms with Gasteiger partial charge in [-0.1, -0.05) is 12.1 Å². The van der Waals surface area contributed by atoms with Gasteiger partial charge >= 0.3 is 0 Å². The summed E-state index contributed by atoms with van der Waals surface area (Å²) < 4.78 is 21.5. The number of hydrogen-bond acceptors (Lipinski definition) is 5. The van der Waals surface area contributed by atoms with E-state index in [0.717, 1.165) is 31.7 Å². The minimum atomic E-state index is -0.335. The van der Waals surface area contributed by atoms with Crippen molar-refractivity contribution in [3.63, 3.8) is 0 Å². The van der Waals surface area contributed by atoms with Crippen LogP contribution in [0.15, 0.2) is 36.4 Å². The van der Waals surface area contributed by atoms with Crippen LogP contribution >= 0.6 is 0 Å². The lowest BCUT2D eigenvalue weighted by Gasteiger charge is -2.33. The number of anilines is 1. The summed E-state index contributed by atoms with van der Waals surface area (Å²) in [5, 5.41) is 12.9. The van der Waals surface area contributed by atoms with Gasteiger partial charge in [-0.25, -0.2) is 4.39 Å². The highest BCUT2D eigenvalue weighted by atomic mass is 19.1. The maximum atomic E-state index is 14.1. The third kappa shape index (κ3) is 3.07. The molecule has 0 amide bonds. The first-order valence-electron chi connectivity index (χ1n) is 8.60.